The summed E-state index contributed by atoms with van der Waals surface area (Å²) >= 11 is 0. The third kappa shape index (κ3) is 2.59. The summed E-state index contributed by atoms with van der Waals surface area (Å²) in [5, 5.41) is 14.5. The summed E-state index contributed by atoms with van der Waals surface area (Å²) in [6.45, 7) is 2.33. The summed E-state index contributed by atoms with van der Waals surface area (Å²) in [4.78, 5) is 12.6. The molecule has 4 rings (SSSR count). The average molecular weight is 332 g/mol. The molecule has 0 saturated carbocycles. The van der Waals surface area contributed by atoms with E-state index in [1.165, 1.54) is 6.07 Å². The molecule has 2 heterocycles. The quantitative estimate of drug-likeness (QED) is 0.567. The van der Waals surface area contributed by atoms with E-state index in [1.54, 1.807) is 9.25 Å². The van der Waals surface area contributed by atoms with E-state index in [4.69, 9.17) is 0 Å². The molecule has 0 spiro atoms. The van der Waals surface area contributed by atoms with Crippen molar-refractivity contribution in [2.24, 2.45) is 0 Å². The number of nitrogens with one attached hydrogen (secondary N) is 1. The number of rotatable bonds is 3. The Morgan fingerprint density at radius 2 is 1.68 bits per heavy atom. The zero-order valence-electron chi connectivity index (χ0n) is 13.8. The average Bonchev–Trinajstić information content (AvgIpc) is 2.96. The predicted octanol–water partition coefficient (Wildman–Crippen LogP) is 2.67. The maximum atomic E-state index is 12.6. The van der Waals surface area contributed by atoms with Crippen LogP contribution in [0.2, 0.25) is 0 Å². The van der Waals surface area contributed by atoms with Gasteiger partial charge in [-0.2, -0.15) is 5.10 Å². The van der Waals surface area contributed by atoms with Gasteiger partial charge < -0.3 is 9.67 Å². The van der Waals surface area contributed by atoms with Crippen LogP contribution in [0.25, 0.3) is 16.6 Å². The first kappa shape index (κ1) is 15.2. The number of aromatic amines is 1. The molecular formula is C20H18N3O2+. The van der Waals surface area contributed by atoms with Crippen molar-refractivity contribution in [1.82, 2.24) is 9.67 Å². The van der Waals surface area contributed by atoms with Gasteiger partial charge in [-0.15, -0.1) is 0 Å². The highest BCUT2D eigenvalue weighted by Crippen LogP contribution is 2.24. The molecule has 25 heavy (non-hydrogen) atoms. The number of pyridine rings is 1. The maximum absolute atomic E-state index is 12.6. The molecule has 124 valence electrons. The Labute approximate surface area is 144 Å². The minimum atomic E-state index is -0.102. The first-order chi connectivity index (χ1) is 12.1. The fourth-order valence-electron chi connectivity index (χ4n) is 3.15. The van der Waals surface area contributed by atoms with Crippen LogP contribution in [-0.2, 0) is 6.54 Å². The summed E-state index contributed by atoms with van der Waals surface area (Å²) in [7, 11) is 0. The minimum Gasteiger partial charge on any atom is -0.457 e. The molecule has 0 bridgehead atoms. The van der Waals surface area contributed by atoms with Crippen molar-refractivity contribution >= 4 is 10.9 Å². The van der Waals surface area contributed by atoms with Crippen LogP contribution < -0.4 is 10.2 Å². The van der Waals surface area contributed by atoms with Crippen LogP contribution in [0.15, 0.2) is 71.5 Å². The van der Waals surface area contributed by atoms with Gasteiger partial charge in [-0.1, -0.05) is 48.5 Å². The second kappa shape index (κ2) is 5.94. The zero-order valence-corrected chi connectivity index (χ0v) is 13.8. The van der Waals surface area contributed by atoms with Crippen LogP contribution in [0.4, 0.5) is 0 Å². The van der Waals surface area contributed by atoms with Gasteiger partial charge in [-0.3, -0.25) is 4.79 Å². The lowest BCUT2D eigenvalue weighted by Gasteiger charge is -2.09. The number of benzene rings is 2. The number of H-pyrrole nitrogens is 1. The first-order valence-corrected chi connectivity index (χ1v) is 8.11. The lowest BCUT2D eigenvalue weighted by molar-refractivity contribution is -0.659. The summed E-state index contributed by atoms with van der Waals surface area (Å²) in [6.07, 6.45) is 0. The fraction of sp³-hybridized carbons (Fsp3) is 0.100. The monoisotopic (exact) mass is 332 g/mol. The molecule has 0 aliphatic heterocycles. The molecule has 5 nitrogen and oxygen atoms in total. The van der Waals surface area contributed by atoms with Gasteiger partial charge in [0.05, 0.1) is 6.54 Å². The van der Waals surface area contributed by atoms with E-state index in [2.05, 4.69) is 5.10 Å². The van der Waals surface area contributed by atoms with E-state index < -0.39 is 0 Å². The number of nitrogens with zero attached hydrogens (tertiary/aromatic N) is 2. The van der Waals surface area contributed by atoms with Gasteiger partial charge in [-0.25, -0.2) is 0 Å². The highest BCUT2D eigenvalue weighted by atomic mass is 16.3. The van der Waals surface area contributed by atoms with Gasteiger partial charge in [0.25, 0.3) is 5.56 Å². The van der Waals surface area contributed by atoms with E-state index in [1.807, 2.05) is 67.6 Å². The third-order valence-electron chi connectivity index (χ3n) is 4.44. The van der Waals surface area contributed by atoms with Gasteiger partial charge in [0.15, 0.2) is 0 Å². The van der Waals surface area contributed by atoms with Crippen LogP contribution in [0.5, 0.6) is 5.88 Å². The molecule has 0 atom stereocenters. The summed E-state index contributed by atoms with van der Waals surface area (Å²) in [5.74, 6) is 0.0977. The van der Waals surface area contributed by atoms with Crippen LogP contribution in [0, 0.1) is 6.92 Å². The summed E-state index contributed by atoms with van der Waals surface area (Å²) in [6, 6.07) is 20.8. The third-order valence-corrected chi connectivity index (χ3v) is 4.44. The smallest absolute Gasteiger partial charge is 0.406 e. The molecular weight excluding hydrogens is 314 g/mol. The second-order valence-electron chi connectivity index (χ2n) is 6.03. The zero-order chi connectivity index (χ0) is 17.4. The molecule has 4 aromatic rings. The topological polar surface area (TPSA) is 61.9 Å². The highest BCUT2D eigenvalue weighted by molar-refractivity contribution is 5.84. The van der Waals surface area contributed by atoms with Crippen LogP contribution in [0.1, 0.15) is 11.3 Å². The normalized spacial score (nSPS) is 11.1. The number of aromatic hydroxyl groups is 1. The molecule has 0 amide bonds. The van der Waals surface area contributed by atoms with Crippen LogP contribution in [-0.4, -0.2) is 14.8 Å². The Kier molecular flexibility index (Phi) is 3.61. The Morgan fingerprint density at radius 3 is 2.36 bits per heavy atom. The number of aromatic nitrogens is 3. The molecule has 5 heteroatoms. The molecule has 2 aromatic heterocycles. The Bertz CT molecular complexity index is 1100. The number of hydrogen-bond donors (Lipinski definition) is 2. The van der Waals surface area contributed by atoms with Gasteiger partial charge in [0.1, 0.15) is 10.9 Å². The molecule has 0 saturated heterocycles. The lowest BCUT2D eigenvalue weighted by Crippen LogP contribution is -2.31. The SMILES string of the molecule is Cc1c2c(O)[n+](-c3ccccc3)[nH]c2cc(=O)n1Cc1ccccc1. The number of fused-ring (bicyclic) bond motifs is 1. The van der Waals surface area contributed by atoms with Crippen molar-refractivity contribution in [3.63, 3.8) is 0 Å². The van der Waals surface area contributed by atoms with Crippen molar-refractivity contribution in [3.05, 3.63) is 88.3 Å². The molecule has 0 fully saturated rings. The number of para-hydroxylation sites is 1. The largest absolute Gasteiger partial charge is 0.457 e. The standard InChI is InChI=1S/C20H17N3O2/c1-14-19-17(21-23(20(19)25)16-10-6-3-7-11-16)12-18(24)22(14)13-15-8-4-2-5-9-15/h2-12H,13H2,1H3,(H,21,24)/p+1. The minimum absolute atomic E-state index is 0.0977. The summed E-state index contributed by atoms with van der Waals surface area (Å²) < 4.78 is 3.27. The van der Waals surface area contributed by atoms with E-state index >= 15 is 0 Å². The van der Waals surface area contributed by atoms with E-state index in [0.29, 0.717) is 17.4 Å². The van der Waals surface area contributed by atoms with Crippen LogP contribution >= 0.6 is 0 Å². The highest BCUT2D eigenvalue weighted by Gasteiger charge is 2.24. The van der Waals surface area contributed by atoms with Crippen LogP contribution in [0.3, 0.4) is 0 Å². The van der Waals surface area contributed by atoms with E-state index in [9.17, 15) is 9.90 Å². The summed E-state index contributed by atoms with van der Waals surface area (Å²) in [5.41, 5.74) is 3.09. The van der Waals surface area contributed by atoms with Crippen molar-refractivity contribution in [3.8, 4) is 11.6 Å². The van der Waals surface area contributed by atoms with Crippen molar-refractivity contribution < 1.29 is 9.79 Å². The Hall–Kier alpha value is -3.34. The Balaban J connectivity index is 1.90. The Morgan fingerprint density at radius 1 is 1.04 bits per heavy atom. The van der Waals surface area contributed by atoms with Crippen molar-refractivity contribution in [2.45, 2.75) is 13.5 Å². The van der Waals surface area contributed by atoms with Gasteiger partial charge in [0.2, 0.25) is 5.69 Å². The molecule has 0 unspecified atom stereocenters. The molecule has 0 aliphatic rings. The van der Waals surface area contributed by atoms with Gasteiger partial charge in [0, 0.05) is 23.9 Å². The predicted molar refractivity (Wildman–Crippen MR) is 96.0 cm³/mol. The number of hydrogen-bond acceptors (Lipinski definition) is 2. The van der Waals surface area contributed by atoms with E-state index in [-0.39, 0.29) is 11.4 Å². The molecule has 0 radical (unpaired) electrons. The molecule has 0 aliphatic carbocycles. The van der Waals surface area contributed by atoms with Gasteiger partial charge in [-0.05, 0) is 17.2 Å². The lowest BCUT2D eigenvalue weighted by atomic mass is 10.2. The van der Waals surface area contributed by atoms with E-state index in [0.717, 1.165) is 16.9 Å². The molecule has 2 N–H and O–H groups in total. The molecule has 2 aromatic carbocycles. The van der Waals surface area contributed by atoms with Crippen molar-refractivity contribution in [1.29, 1.82) is 0 Å². The fourth-order valence-corrected chi connectivity index (χ4v) is 3.15. The van der Waals surface area contributed by atoms with Crippen molar-refractivity contribution in [2.75, 3.05) is 0 Å². The first-order valence-electron chi connectivity index (χ1n) is 8.11. The van der Waals surface area contributed by atoms with Gasteiger partial charge >= 0.3 is 5.88 Å². The maximum Gasteiger partial charge on any atom is 0.406 e. The number of aryl methyl sites for hydroxylation is 1. The second-order valence-corrected chi connectivity index (χ2v) is 6.03.